The number of hydrogen-bond acceptors (Lipinski definition) is 3. The molecule has 0 spiro atoms. The fourth-order valence-corrected chi connectivity index (χ4v) is 2.34. The Morgan fingerprint density at radius 1 is 1.40 bits per heavy atom. The highest BCUT2D eigenvalue weighted by atomic mass is 35.5. The van der Waals surface area contributed by atoms with Crippen LogP contribution in [0.2, 0.25) is 0 Å². The molecule has 0 aromatic heterocycles. The molecule has 0 amide bonds. The zero-order valence-electron chi connectivity index (χ0n) is 11.0. The number of rotatable bonds is 6. The summed E-state index contributed by atoms with van der Waals surface area (Å²) in [6.07, 6.45) is 0.852. The van der Waals surface area contributed by atoms with Crippen molar-refractivity contribution >= 4 is 11.6 Å². The Morgan fingerprint density at radius 2 is 2.20 bits per heavy atom. The number of ether oxygens (including phenoxy) is 2. The third kappa shape index (κ3) is 4.00. The summed E-state index contributed by atoms with van der Waals surface area (Å²) < 4.78 is 34.5. The van der Waals surface area contributed by atoms with Crippen molar-refractivity contribution in [3.8, 4) is 11.5 Å². The average molecular weight is 304 g/mol. The molecular formula is C14H16ClF2NO2. The lowest BCUT2D eigenvalue weighted by Gasteiger charge is -2.14. The third-order valence-corrected chi connectivity index (χ3v) is 3.26. The summed E-state index contributed by atoms with van der Waals surface area (Å²) in [5.41, 5.74) is 1.03. The molecule has 1 atom stereocenters. The van der Waals surface area contributed by atoms with Gasteiger partial charge in [-0.1, -0.05) is 17.7 Å². The van der Waals surface area contributed by atoms with Gasteiger partial charge in [-0.3, -0.25) is 0 Å². The monoisotopic (exact) mass is 303 g/mol. The highest BCUT2D eigenvalue weighted by molar-refractivity contribution is 6.29. The summed E-state index contributed by atoms with van der Waals surface area (Å²) in [6.45, 7) is -0.639. The van der Waals surface area contributed by atoms with E-state index >= 15 is 0 Å². The predicted molar refractivity (Wildman–Crippen MR) is 73.7 cm³/mol. The van der Waals surface area contributed by atoms with Crippen LogP contribution in [0.3, 0.4) is 0 Å². The van der Waals surface area contributed by atoms with Gasteiger partial charge in [0.15, 0.2) is 11.5 Å². The van der Waals surface area contributed by atoms with Crippen molar-refractivity contribution in [2.45, 2.75) is 25.3 Å². The van der Waals surface area contributed by atoms with Crippen LogP contribution in [-0.4, -0.2) is 26.2 Å². The van der Waals surface area contributed by atoms with Crippen molar-refractivity contribution in [2.24, 2.45) is 0 Å². The molecule has 110 valence electrons. The van der Waals surface area contributed by atoms with Gasteiger partial charge in [0.25, 0.3) is 6.43 Å². The van der Waals surface area contributed by atoms with Gasteiger partial charge < -0.3 is 14.8 Å². The summed E-state index contributed by atoms with van der Waals surface area (Å²) in [5, 5.41) is 3.99. The van der Waals surface area contributed by atoms with Crippen molar-refractivity contribution < 1.29 is 18.3 Å². The molecule has 0 saturated carbocycles. The smallest absolute Gasteiger partial charge is 0.272 e. The van der Waals surface area contributed by atoms with E-state index < -0.39 is 13.0 Å². The van der Waals surface area contributed by atoms with Crippen LogP contribution in [0.15, 0.2) is 29.4 Å². The van der Waals surface area contributed by atoms with Gasteiger partial charge in [0, 0.05) is 23.7 Å². The summed E-state index contributed by atoms with van der Waals surface area (Å²) in [7, 11) is 1.49. The maximum Gasteiger partial charge on any atom is 0.272 e. The molecule has 1 aromatic carbocycles. The van der Waals surface area contributed by atoms with E-state index in [1.54, 1.807) is 18.3 Å². The number of hydrogen-bond donors (Lipinski definition) is 1. The molecular weight excluding hydrogens is 288 g/mol. The number of methoxy groups -OCH3 is 1. The largest absolute Gasteiger partial charge is 0.493 e. The second kappa shape index (κ2) is 6.79. The van der Waals surface area contributed by atoms with Crippen LogP contribution in [0.25, 0.3) is 0 Å². The van der Waals surface area contributed by atoms with E-state index in [4.69, 9.17) is 21.1 Å². The average Bonchev–Trinajstić information content (AvgIpc) is 2.82. The van der Waals surface area contributed by atoms with Crippen molar-refractivity contribution in [2.75, 3.05) is 13.7 Å². The van der Waals surface area contributed by atoms with Crippen LogP contribution in [0.4, 0.5) is 8.78 Å². The van der Waals surface area contributed by atoms with Gasteiger partial charge in [-0.25, -0.2) is 8.78 Å². The topological polar surface area (TPSA) is 30.5 Å². The van der Waals surface area contributed by atoms with Crippen LogP contribution in [-0.2, 0) is 6.42 Å². The maximum absolute atomic E-state index is 12.2. The van der Waals surface area contributed by atoms with Crippen molar-refractivity contribution in [1.29, 1.82) is 0 Å². The van der Waals surface area contributed by atoms with E-state index in [1.165, 1.54) is 7.11 Å². The molecule has 1 aromatic rings. The molecule has 1 aliphatic rings. The summed E-state index contributed by atoms with van der Waals surface area (Å²) in [6, 6.07) is 5.55. The first-order chi connectivity index (χ1) is 9.58. The molecule has 1 aliphatic heterocycles. The summed E-state index contributed by atoms with van der Waals surface area (Å²) >= 11 is 5.91. The van der Waals surface area contributed by atoms with Crippen LogP contribution in [0, 0.1) is 0 Å². The van der Waals surface area contributed by atoms with E-state index in [0.717, 1.165) is 23.4 Å². The van der Waals surface area contributed by atoms with Gasteiger partial charge >= 0.3 is 0 Å². The zero-order chi connectivity index (χ0) is 14.5. The highest BCUT2D eigenvalue weighted by Crippen LogP contribution is 2.29. The lowest BCUT2D eigenvalue weighted by atomic mass is 10.0. The third-order valence-electron chi connectivity index (χ3n) is 2.99. The minimum atomic E-state index is -2.50. The minimum absolute atomic E-state index is 0.250. The Bertz CT molecular complexity index is 494. The molecule has 2 rings (SSSR count). The Morgan fingerprint density at radius 3 is 2.80 bits per heavy atom. The number of benzene rings is 1. The zero-order valence-corrected chi connectivity index (χ0v) is 11.8. The molecule has 3 nitrogen and oxygen atoms in total. The molecule has 20 heavy (non-hydrogen) atoms. The van der Waals surface area contributed by atoms with Gasteiger partial charge in [-0.15, -0.1) is 0 Å². The Kier molecular flexibility index (Phi) is 5.06. The lowest BCUT2D eigenvalue weighted by Crippen LogP contribution is -2.21. The van der Waals surface area contributed by atoms with Gasteiger partial charge in [0.2, 0.25) is 0 Å². The van der Waals surface area contributed by atoms with E-state index in [2.05, 4.69) is 5.32 Å². The van der Waals surface area contributed by atoms with E-state index in [1.807, 2.05) is 6.07 Å². The fraction of sp³-hybridized carbons (Fsp3) is 0.429. The van der Waals surface area contributed by atoms with Gasteiger partial charge in [-0.2, -0.15) is 0 Å². The van der Waals surface area contributed by atoms with Gasteiger partial charge in [-0.05, 0) is 24.1 Å². The molecule has 6 heteroatoms. The molecule has 0 radical (unpaired) electrons. The normalized spacial score (nSPS) is 17.9. The van der Waals surface area contributed by atoms with E-state index in [0.29, 0.717) is 11.5 Å². The molecule has 0 fully saturated rings. The van der Waals surface area contributed by atoms with E-state index in [-0.39, 0.29) is 6.04 Å². The molecule has 0 aliphatic carbocycles. The predicted octanol–water partition coefficient (Wildman–Crippen LogP) is 3.32. The quantitative estimate of drug-likeness (QED) is 0.874. The minimum Gasteiger partial charge on any atom is -0.493 e. The van der Waals surface area contributed by atoms with Crippen molar-refractivity contribution in [3.05, 3.63) is 35.0 Å². The fourth-order valence-electron chi connectivity index (χ4n) is 2.09. The Hall–Kier alpha value is -1.49. The van der Waals surface area contributed by atoms with Crippen LogP contribution in [0.5, 0.6) is 11.5 Å². The lowest BCUT2D eigenvalue weighted by molar-refractivity contribution is 0.0804. The van der Waals surface area contributed by atoms with Gasteiger partial charge in [0.05, 0.1) is 7.11 Å². The second-order valence-electron chi connectivity index (χ2n) is 4.55. The van der Waals surface area contributed by atoms with E-state index in [9.17, 15) is 8.78 Å². The number of halogens is 3. The maximum atomic E-state index is 12.2. The second-order valence-corrected chi connectivity index (χ2v) is 5.04. The van der Waals surface area contributed by atoms with Crippen LogP contribution < -0.4 is 14.8 Å². The summed E-state index contributed by atoms with van der Waals surface area (Å²) in [5.74, 6) is 0.785. The molecule has 1 unspecified atom stereocenters. The molecule has 1 heterocycles. The first-order valence-electron chi connectivity index (χ1n) is 6.27. The van der Waals surface area contributed by atoms with Gasteiger partial charge in [0.1, 0.15) is 6.61 Å². The van der Waals surface area contributed by atoms with Crippen LogP contribution >= 0.6 is 11.6 Å². The molecule has 0 saturated heterocycles. The SMILES string of the molecule is COc1cc(CC2CC(Cl)=CN2)ccc1OCC(F)F. The van der Waals surface area contributed by atoms with Crippen molar-refractivity contribution in [1.82, 2.24) is 5.32 Å². The first-order valence-corrected chi connectivity index (χ1v) is 6.64. The highest BCUT2D eigenvalue weighted by Gasteiger charge is 2.16. The Balaban J connectivity index is 2.01. The number of nitrogens with one attached hydrogen (secondary N) is 1. The molecule has 0 bridgehead atoms. The molecule has 1 N–H and O–H groups in total. The standard InChI is InChI=1S/C14H16ClF2NO2/c1-19-13-5-9(4-11-6-10(15)7-18-11)2-3-12(13)20-8-14(16)17/h2-3,5,7,11,14,18H,4,6,8H2,1H3. The van der Waals surface area contributed by atoms with Crippen LogP contribution in [0.1, 0.15) is 12.0 Å². The summed E-state index contributed by atoms with van der Waals surface area (Å²) in [4.78, 5) is 0. The number of alkyl halides is 2. The van der Waals surface area contributed by atoms with Crippen molar-refractivity contribution in [3.63, 3.8) is 0 Å². The Labute approximate surface area is 121 Å². The first kappa shape index (κ1) is 14.9.